The van der Waals surface area contributed by atoms with E-state index in [1.165, 1.54) is 6.07 Å². The first-order valence-electron chi connectivity index (χ1n) is 11.4. The Hall–Kier alpha value is -3.56. The van der Waals surface area contributed by atoms with Crippen molar-refractivity contribution >= 4 is 52.4 Å². The number of alkyl halides is 3. The number of aliphatic carboxylic acids is 1. The summed E-state index contributed by atoms with van der Waals surface area (Å²) < 4.78 is 39.8. The number of benzene rings is 3. The van der Waals surface area contributed by atoms with Gasteiger partial charge in [0.1, 0.15) is 0 Å². The number of carboxylic acid groups (broad SMARTS) is 1. The third-order valence-corrected chi connectivity index (χ3v) is 6.90. The van der Waals surface area contributed by atoms with Crippen molar-refractivity contribution in [1.82, 2.24) is 0 Å². The third kappa shape index (κ3) is 6.28. The van der Waals surface area contributed by atoms with Crippen LogP contribution in [0.15, 0.2) is 60.7 Å². The van der Waals surface area contributed by atoms with Crippen LogP contribution in [0.25, 0.3) is 11.1 Å². The van der Waals surface area contributed by atoms with E-state index < -0.39 is 42.2 Å². The Kier molecular flexibility index (Phi) is 7.71. The molecule has 0 radical (unpaired) electrons. The Bertz CT molecular complexity index is 1430. The number of urea groups is 1. The minimum Gasteiger partial charge on any atom is -0.481 e. The van der Waals surface area contributed by atoms with Crippen molar-refractivity contribution in [3.05, 3.63) is 81.8 Å². The lowest BCUT2D eigenvalue weighted by Gasteiger charge is -2.36. The molecule has 0 heterocycles. The first-order valence-corrected chi connectivity index (χ1v) is 12.2. The maximum Gasteiger partial charge on any atom is 0.390 e. The summed E-state index contributed by atoms with van der Waals surface area (Å²) in [6.45, 7) is 0. The molecule has 0 fully saturated rings. The standard InChI is InChI=1S/C27H21Cl2F3N2O4/c28-17-2-1-3-18(11-17)33-25(38)34-19-5-7-20(22(29)12-19)15-4-6-21-16(10-15)8-9-26(24(21)37,13-23(35)36)14-27(30,31)32/h1-7,10-12H,8-9,13-14H2,(H,35,36)(H2,33,34,38)/t26-/m1/s1. The van der Waals surface area contributed by atoms with Gasteiger partial charge in [0.05, 0.1) is 23.3 Å². The summed E-state index contributed by atoms with van der Waals surface area (Å²) in [5.74, 6) is -2.27. The smallest absolute Gasteiger partial charge is 0.390 e. The summed E-state index contributed by atoms with van der Waals surface area (Å²) in [5.41, 5.74) is 0.696. The molecule has 198 valence electrons. The predicted molar refractivity (Wildman–Crippen MR) is 139 cm³/mol. The number of amides is 2. The highest BCUT2D eigenvalue weighted by molar-refractivity contribution is 6.33. The van der Waals surface area contributed by atoms with Gasteiger partial charge < -0.3 is 15.7 Å². The second-order valence-electron chi connectivity index (χ2n) is 9.13. The Labute approximate surface area is 225 Å². The van der Waals surface area contributed by atoms with Crippen molar-refractivity contribution in [1.29, 1.82) is 0 Å². The summed E-state index contributed by atoms with van der Waals surface area (Å²) in [4.78, 5) is 36.8. The first-order chi connectivity index (χ1) is 17.8. The number of hydrogen-bond donors (Lipinski definition) is 3. The van der Waals surface area contributed by atoms with Crippen LogP contribution in [0.2, 0.25) is 10.0 Å². The van der Waals surface area contributed by atoms with E-state index in [2.05, 4.69) is 10.6 Å². The van der Waals surface area contributed by atoms with E-state index in [0.29, 0.717) is 38.1 Å². The lowest BCUT2D eigenvalue weighted by molar-refractivity contribution is -0.160. The molecule has 11 heteroatoms. The SMILES string of the molecule is O=C(O)C[C@@]1(CC(F)(F)F)CCc2cc(-c3ccc(NC(=O)Nc4cccc(Cl)c4)cc3Cl)ccc2C1=O. The number of hydrogen-bond acceptors (Lipinski definition) is 3. The molecule has 0 aromatic heterocycles. The average molecular weight is 565 g/mol. The third-order valence-electron chi connectivity index (χ3n) is 6.35. The fourth-order valence-corrected chi connectivity index (χ4v) is 5.20. The number of Topliss-reactive ketones (excluding diaryl/α,β-unsaturated/α-hetero) is 1. The maximum atomic E-state index is 13.3. The minimum absolute atomic E-state index is 0.0811. The van der Waals surface area contributed by atoms with Gasteiger partial charge in [-0.25, -0.2) is 4.79 Å². The van der Waals surface area contributed by atoms with E-state index in [1.807, 2.05) is 0 Å². The van der Waals surface area contributed by atoms with E-state index in [4.69, 9.17) is 23.2 Å². The van der Waals surface area contributed by atoms with Crippen molar-refractivity contribution in [3.8, 4) is 11.1 Å². The molecule has 4 rings (SSSR count). The van der Waals surface area contributed by atoms with E-state index >= 15 is 0 Å². The van der Waals surface area contributed by atoms with Crippen molar-refractivity contribution in [2.24, 2.45) is 5.41 Å². The van der Waals surface area contributed by atoms with Crippen LogP contribution in [0.3, 0.4) is 0 Å². The van der Waals surface area contributed by atoms with Gasteiger partial charge in [0.15, 0.2) is 5.78 Å². The summed E-state index contributed by atoms with van der Waals surface area (Å²) >= 11 is 12.4. The van der Waals surface area contributed by atoms with Gasteiger partial charge >= 0.3 is 18.2 Å². The monoisotopic (exact) mass is 564 g/mol. The molecule has 0 unspecified atom stereocenters. The quantitative estimate of drug-likeness (QED) is 0.284. The molecule has 3 N–H and O–H groups in total. The summed E-state index contributed by atoms with van der Waals surface area (Å²) in [7, 11) is 0. The van der Waals surface area contributed by atoms with Crippen LogP contribution >= 0.6 is 23.2 Å². The molecule has 0 aliphatic heterocycles. The van der Waals surface area contributed by atoms with E-state index in [-0.39, 0.29) is 18.4 Å². The normalized spacial score (nSPS) is 17.0. The zero-order chi connectivity index (χ0) is 27.7. The van der Waals surface area contributed by atoms with Crippen molar-refractivity contribution in [3.63, 3.8) is 0 Å². The van der Waals surface area contributed by atoms with Crippen molar-refractivity contribution < 1.29 is 32.7 Å². The van der Waals surface area contributed by atoms with Gasteiger partial charge in [0.25, 0.3) is 0 Å². The number of ketones is 1. The second-order valence-corrected chi connectivity index (χ2v) is 9.97. The van der Waals surface area contributed by atoms with Crippen LogP contribution in [0, 0.1) is 5.41 Å². The fraction of sp³-hybridized carbons (Fsp3) is 0.222. The maximum absolute atomic E-state index is 13.3. The highest BCUT2D eigenvalue weighted by atomic mass is 35.5. The van der Waals surface area contributed by atoms with Gasteiger partial charge in [0.2, 0.25) is 0 Å². The molecular formula is C27H21Cl2F3N2O4. The van der Waals surface area contributed by atoms with Crippen LogP contribution in [-0.2, 0) is 11.2 Å². The molecule has 1 atom stereocenters. The highest BCUT2D eigenvalue weighted by Gasteiger charge is 2.50. The number of carbonyl (C=O) groups is 3. The van der Waals surface area contributed by atoms with Crippen LogP contribution < -0.4 is 10.6 Å². The number of rotatable bonds is 6. The molecule has 38 heavy (non-hydrogen) atoms. The Balaban J connectivity index is 1.54. The van der Waals surface area contributed by atoms with Crippen LogP contribution in [0.5, 0.6) is 0 Å². The van der Waals surface area contributed by atoms with Gasteiger partial charge in [-0.05, 0) is 54.3 Å². The molecule has 3 aromatic carbocycles. The van der Waals surface area contributed by atoms with Crippen LogP contribution in [-0.4, -0.2) is 29.1 Å². The van der Waals surface area contributed by atoms with Crippen LogP contribution in [0.4, 0.5) is 29.3 Å². The summed E-state index contributed by atoms with van der Waals surface area (Å²) in [5, 5.41) is 15.3. The highest BCUT2D eigenvalue weighted by Crippen LogP contribution is 2.46. The van der Waals surface area contributed by atoms with E-state index in [9.17, 15) is 32.7 Å². The lowest BCUT2D eigenvalue weighted by Crippen LogP contribution is -2.41. The molecule has 2 amide bonds. The molecule has 3 aromatic rings. The van der Waals surface area contributed by atoms with Gasteiger partial charge in [-0.1, -0.05) is 53.5 Å². The molecule has 1 aliphatic carbocycles. The zero-order valence-corrected chi connectivity index (χ0v) is 21.2. The van der Waals surface area contributed by atoms with Gasteiger partial charge in [-0.2, -0.15) is 13.2 Å². The molecule has 0 bridgehead atoms. The summed E-state index contributed by atoms with van der Waals surface area (Å²) in [6.07, 6.45) is -7.18. The Morgan fingerprint density at radius 2 is 1.63 bits per heavy atom. The van der Waals surface area contributed by atoms with Crippen LogP contribution in [0.1, 0.15) is 35.2 Å². The Morgan fingerprint density at radius 3 is 2.26 bits per heavy atom. The second kappa shape index (κ2) is 10.7. The molecule has 0 spiro atoms. The van der Waals surface area contributed by atoms with Gasteiger partial charge in [-0.15, -0.1) is 0 Å². The van der Waals surface area contributed by atoms with Crippen molar-refractivity contribution in [2.75, 3.05) is 10.6 Å². The van der Waals surface area contributed by atoms with Crippen molar-refractivity contribution in [2.45, 2.75) is 31.9 Å². The number of fused-ring (bicyclic) bond motifs is 1. The largest absolute Gasteiger partial charge is 0.481 e. The number of nitrogens with one attached hydrogen (secondary N) is 2. The predicted octanol–water partition coefficient (Wildman–Crippen LogP) is 7.85. The number of carbonyl (C=O) groups excluding carboxylic acids is 2. The average Bonchev–Trinajstić information content (AvgIpc) is 2.80. The fourth-order valence-electron chi connectivity index (χ4n) is 4.72. The van der Waals surface area contributed by atoms with E-state index in [1.54, 1.807) is 54.6 Å². The molecule has 0 saturated heterocycles. The summed E-state index contributed by atoms with van der Waals surface area (Å²) in [6, 6.07) is 15.6. The lowest BCUT2D eigenvalue weighted by atomic mass is 9.66. The molecular weight excluding hydrogens is 544 g/mol. The molecule has 6 nitrogen and oxygen atoms in total. The zero-order valence-electron chi connectivity index (χ0n) is 19.7. The number of aryl methyl sites for hydroxylation is 1. The van der Waals surface area contributed by atoms with Gasteiger partial charge in [-0.3, -0.25) is 9.59 Å². The first kappa shape index (κ1) is 27.5. The molecule has 0 saturated carbocycles. The molecule has 1 aliphatic rings. The number of carboxylic acids is 1. The Morgan fingerprint density at radius 1 is 0.947 bits per heavy atom. The minimum atomic E-state index is -4.68. The topological polar surface area (TPSA) is 95.5 Å². The number of halogens is 5. The van der Waals surface area contributed by atoms with E-state index in [0.717, 1.165) is 0 Å². The van der Waals surface area contributed by atoms with Gasteiger partial charge in [0, 0.05) is 27.5 Å². The number of anilines is 2.